The second-order valence-corrected chi connectivity index (χ2v) is 7.05. The van der Waals surface area contributed by atoms with Gasteiger partial charge in [0.2, 0.25) is 0 Å². The summed E-state index contributed by atoms with van der Waals surface area (Å²) in [5, 5.41) is 6.80. The lowest BCUT2D eigenvalue weighted by atomic mass is 10.1. The number of nitrogens with one attached hydrogen (secondary N) is 2. The fourth-order valence-electron chi connectivity index (χ4n) is 2.97. The van der Waals surface area contributed by atoms with E-state index >= 15 is 0 Å². The summed E-state index contributed by atoms with van der Waals surface area (Å²) in [7, 11) is 0. The van der Waals surface area contributed by atoms with Crippen molar-refractivity contribution in [2.75, 3.05) is 23.3 Å². The Bertz CT molecular complexity index is 745. The maximum absolute atomic E-state index is 13.2. The van der Waals surface area contributed by atoms with Crippen LogP contribution in [-0.2, 0) is 0 Å². The van der Waals surface area contributed by atoms with Gasteiger partial charge in [0.15, 0.2) is 5.11 Å². The van der Waals surface area contributed by atoms with E-state index in [0.717, 1.165) is 18.7 Å². The average molecular weight is 378 g/mol. The van der Waals surface area contributed by atoms with E-state index in [1.54, 1.807) is 6.07 Å². The molecule has 0 amide bonds. The molecule has 0 spiro atoms. The van der Waals surface area contributed by atoms with Gasteiger partial charge in [-0.15, -0.1) is 0 Å². The Morgan fingerprint density at radius 2 is 1.84 bits per heavy atom. The molecular formula is C19H21ClFN3S. The molecule has 1 fully saturated rings. The van der Waals surface area contributed by atoms with Crippen LogP contribution < -0.4 is 15.5 Å². The minimum absolute atomic E-state index is 0.0588. The molecular weight excluding hydrogens is 357 g/mol. The number of thiocarbonyl (C=S) groups is 1. The van der Waals surface area contributed by atoms with E-state index in [0.29, 0.717) is 10.8 Å². The molecule has 1 aliphatic rings. The molecule has 0 aliphatic carbocycles. The van der Waals surface area contributed by atoms with Gasteiger partial charge in [-0.3, -0.25) is 0 Å². The van der Waals surface area contributed by atoms with E-state index in [2.05, 4.69) is 46.7 Å². The van der Waals surface area contributed by atoms with Gasteiger partial charge in [-0.2, -0.15) is 0 Å². The normalized spacial score (nSPS) is 15.1. The number of halogens is 2. The first-order valence-electron chi connectivity index (χ1n) is 8.40. The van der Waals surface area contributed by atoms with Gasteiger partial charge in [-0.05, 0) is 67.9 Å². The van der Waals surface area contributed by atoms with Gasteiger partial charge in [0.05, 0.1) is 11.1 Å². The van der Waals surface area contributed by atoms with Crippen LogP contribution in [0.15, 0.2) is 42.5 Å². The minimum Gasteiger partial charge on any atom is -0.372 e. The molecule has 6 heteroatoms. The van der Waals surface area contributed by atoms with Gasteiger partial charge in [0.25, 0.3) is 0 Å². The van der Waals surface area contributed by atoms with Crippen LogP contribution in [0.1, 0.15) is 31.4 Å². The Balaban J connectivity index is 1.58. The number of anilines is 2. The van der Waals surface area contributed by atoms with Gasteiger partial charge >= 0.3 is 0 Å². The highest BCUT2D eigenvalue weighted by atomic mass is 35.5. The molecule has 0 aromatic heterocycles. The first kappa shape index (κ1) is 18.0. The van der Waals surface area contributed by atoms with E-state index in [1.807, 2.05) is 0 Å². The molecule has 1 heterocycles. The SMILES string of the molecule is C[C@@H](NC(=S)Nc1ccc(F)c(Cl)c1)c1ccc(N2CCCC2)cc1. The lowest BCUT2D eigenvalue weighted by molar-refractivity contribution is 0.628. The summed E-state index contributed by atoms with van der Waals surface area (Å²) in [6, 6.07) is 13.1. The number of hydrogen-bond donors (Lipinski definition) is 2. The third-order valence-electron chi connectivity index (χ3n) is 4.39. The standard InChI is InChI=1S/C19H21ClFN3S/c1-13(14-4-7-16(8-5-14)24-10-2-3-11-24)22-19(25)23-15-6-9-18(21)17(20)12-15/h4-9,12-13H,2-3,10-11H2,1H3,(H2,22,23,25)/t13-/m1/s1. The number of hydrogen-bond acceptors (Lipinski definition) is 2. The highest BCUT2D eigenvalue weighted by molar-refractivity contribution is 7.80. The zero-order valence-electron chi connectivity index (χ0n) is 14.1. The van der Waals surface area contributed by atoms with E-state index < -0.39 is 5.82 Å². The number of benzene rings is 2. The first-order valence-corrected chi connectivity index (χ1v) is 9.19. The summed E-state index contributed by atoms with van der Waals surface area (Å²) in [6.07, 6.45) is 2.54. The van der Waals surface area contributed by atoms with Crippen LogP contribution in [0.25, 0.3) is 0 Å². The zero-order chi connectivity index (χ0) is 17.8. The molecule has 2 aromatic carbocycles. The Kier molecular flexibility index (Phi) is 5.76. The van der Waals surface area contributed by atoms with Crippen molar-refractivity contribution in [3.63, 3.8) is 0 Å². The summed E-state index contributed by atoms with van der Waals surface area (Å²) < 4.78 is 13.2. The Hall–Kier alpha value is -1.85. The fraction of sp³-hybridized carbons (Fsp3) is 0.316. The maximum atomic E-state index is 13.2. The fourth-order valence-corrected chi connectivity index (χ4v) is 3.45. The molecule has 2 N–H and O–H groups in total. The molecule has 3 nitrogen and oxygen atoms in total. The quantitative estimate of drug-likeness (QED) is 0.722. The second-order valence-electron chi connectivity index (χ2n) is 6.23. The summed E-state index contributed by atoms with van der Waals surface area (Å²) >= 11 is 11.1. The van der Waals surface area contributed by atoms with Crippen LogP contribution in [0, 0.1) is 5.82 Å². The molecule has 0 radical (unpaired) electrons. The Morgan fingerprint density at radius 1 is 1.16 bits per heavy atom. The van der Waals surface area contributed by atoms with Gasteiger partial charge < -0.3 is 15.5 Å². The second kappa shape index (κ2) is 8.02. The zero-order valence-corrected chi connectivity index (χ0v) is 15.6. The van der Waals surface area contributed by atoms with Crippen molar-refractivity contribution >= 4 is 40.3 Å². The van der Waals surface area contributed by atoms with Crippen molar-refractivity contribution in [3.05, 3.63) is 58.9 Å². The third-order valence-corrected chi connectivity index (χ3v) is 4.90. The van der Waals surface area contributed by atoms with Crippen LogP contribution in [0.5, 0.6) is 0 Å². The van der Waals surface area contributed by atoms with Crippen LogP contribution in [0.3, 0.4) is 0 Å². The Labute approximate surface area is 158 Å². The molecule has 25 heavy (non-hydrogen) atoms. The van der Waals surface area contributed by atoms with Gasteiger partial charge in [-0.25, -0.2) is 4.39 Å². The molecule has 1 saturated heterocycles. The van der Waals surface area contributed by atoms with Gasteiger partial charge in [-0.1, -0.05) is 23.7 Å². The van der Waals surface area contributed by atoms with Crippen LogP contribution in [0.2, 0.25) is 5.02 Å². The van der Waals surface area contributed by atoms with E-state index in [1.165, 1.54) is 30.7 Å². The van der Waals surface area contributed by atoms with Gasteiger partial charge in [0.1, 0.15) is 5.82 Å². The van der Waals surface area contributed by atoms with Crippen LogP contribution >= 0.6 is 23.8 Å². The molecule has 0 unspecified atom stereocenters. The van der Waals surface area contributed by atoms with Crippen molar-refractivity contribution in [3.8, 4) is 0 Å². The number of rotatable bonds is 4. The van der Waals surface area contributed by atoms with E-state index in [-0.39, 0.29) is 11.1 Å². The molecule has 2 aromatic rings. The minimum atomic E-state index is -0.447. The molecule has 132 valence electrons. The highest BCUT2D eigenvalue weighted by Crippen LogP contribution is 2.23. The molecule has 1 aliphatic heterocycles. The van der Waals surface area contributed by atoms with Crippen LogP contribution in [0.4, 0.5) is 15.8 Å². The number of nitrogens with zero attached hydrogens (tertiary/aromatic N) is 1. The van der Waals surface area contributed by atoms with E-state index in [9.17, 15) is 4.39 Å². The smallest absolute Gasteiger partial charge is 0.171 e. The predicted octanol–water partition coefficient (Wildman–Crippen LogP) is 5.13. The van der Waals surface area contributed by atoms with Crippen molar-refractivity contribution in [2.24, 2.45) is 0 Å². The third kappa shape index (κ3) is 4.61. The summed E-state index contributed by atoms with van der Waals surface area (Å²) in [4.78, 5) is 2.41. The van der Waals surface area contributed by atoms with Crippen molar-refractivity contribution in [1.82, 2.24) is 5.32 Å². The summed E-state index contributed by atoms with van der Waals surface area (Å²) in [5.41, 5.74) is 3.08. The predicted molar refractivity (Wildman–Crippen MR) is 107 cm³/mol. The molecule has 3 rings (SSSR count). The first-order chi connectivity index (χ1) is 12.0. The average Bonchev–Trinajstić information content (AvgIpc) is 3.13. The molecule has 0 saturated carbocycles. The topological polar surface area (TPSA) is 27.3 Å². The lowest BCUT2D eigenvalue weighted by Gasteiger charge is -2.20. The summed E-state index contributed by atoms with van der Waals surface area (Å²) in [6.45, 7) is 4.33. The Morgan fingerprint density at radius 3 is 2.48 bits per heavy atom. The monoisotopic (exact) mass is 377 g/mol. The molecule has 0 bridgehead atoms. The maximum Gasteiger partial charge on any atom is 0.171 e. The van der Waals surface area contributed by atoms with Crippen molar-refractivity contribution in [1.29, 1.82) is 0 Å². The molecule has 1 atom stereocenters. The van der Waals surface area contributed by atoms with Crippen LogP contribution in [-0.4, -0.2) is 18.2 Å². The van der Waals surface area contributed by atoms with Crippen molar-refractivity contribution < 1.29 is 4.39 Å². The van der Waals surface area contributed by atoms with Crippen molar-refractivity contribution in [2.45, 2.75) is 25.8 Å². The summed E-state index contributed by atoms with van der Waals surface area (Å²) in [5.74, 6) is -0.447. The largest absolute Gasteiger partial charge is 0.372 e. The van der Waals surface area contributed by atoms with E-state index in [4.69, 9.17) is 23.8 Å². The van der Waals surface area contributed by atoms with Gasteiger partial charge in [0, 0.05) is 24.5 Å². The lowest BCUT2D eigenvalue weighted by Crippen LogP contribution is -2.30. The highest BCUT2D eigenvalue weighted by Gasteiger charge is 2.13.